The predicted octanol–water partition coefficient (Wildman–Crippen LogP) is 5.70. The maximum absolute atomic E-state index is 12.5. The first kappa shape index (κ1) is 24.6. The summed E-state index contributed by atoms with van der Waals surface area (Å²) >= 11 is 6.27. The summed E-state index contributed by atoms with van der Waals surface area (Å²) in [5, 5.41) is 3.69. The zero-order valence-corrected chi connectivity index (χ0v) is 21.3. The Morgan fingerprint density at radius 1 is 0.971 bits per heavy atom. The number of fused-ring (bicyclic) bond motifs is 1. The number of hydrogen-bond acceptors (Lipinski definition) is 4. The topological polar surface area (TPSA) is 65.4 Å². The smallest absolute Gasteiger partial charge is 0.258 e. The van der Waals surface area contributed by atoms with Crippen LogP contribution >= 0.6 is 11.6 Å². The Kier molecular flexibility index (Phi) is 7.61. The van der Waals surface area contributed by atoms with Gasteiger partial charge in [-0.2, -0.15) is 0 Å². The van der Waals surface area contributed by atoms with E-state index >= 15 is 0 Å². The lowest BCUT2D eigenvalue weighted by atomic mass is 10.1. The second-order valence-electron chi connectivity index (χ2n) is 8.72. The normalized spacial score (nSPS) is 11.0. The minimum atomic E-state index is -0.201. The van der Waals surface area contributed by atoms with E-state index in [1.54, 1.807) is 0 Å². The van der Waals surface area contributed by atoms with Crippen LogP contribution in [0, 0.1) is 27.7 Å². The number of nitrogens with zero attached hydrogens (tertiary/aromatic N) is 2. The fourth-order valence-electron chi connectivity index (χ4n) is 3.99. The summed E-state index contributed by atoms with van der Waals surface area (Å²) in [5.41, 5.74) is 5.93. The molecule has 35 heavy (non-hydrogen) atoms. The third-order valence-electron chi connectivity index (χ3n) is 5.87. The van der Waals surface area contributed by atoms with E-state index in [9.17, 15) is 4.79 Å². The van der Waals surface area contributed by atoms with Crippen LogP contribution in [-0.2, 0) is 17.9 Å². The minimum Gasteiger partial charge on any atom is -0.492 e. The Morgan fingerprint density at radius 2 is 1.71 bits per heavy atom. The third kappa shape index (κ3) is 5.95. The van der Waals surface area contributed by atoms with Crippen LogP contribution in [0.5, 0.6) is 11.5 Å². The molecule has 1 aromatic heterocycles. The number of rotatable bonds is 9. The molecule has 4 rings (SSSR count). The fourth-order valence-corrected chi connectivity index (χ4v) is 4.10. The molecule has 1 heterocycles. The van der Waals surface area contributed by atoms with E-state index in [1.165, 1.54) is 0 Å². The van der Waals surface area contributed by atoms with Crippen molar-refractivity contribution in [1.29, 1.82) is 0 Å². The zero-order valence-electron chi connectivity index (χ0n) is 20.5. The predicted molar refractivity (Wildman–Crippen MR) is 139 cm³/mol. The van der Waals surface area contributed by atoms with E-state index in [2.05, 4.69) is 9.88 Å². The molecule has 0 fully saturated rings. The number of carbonyl (C=O) groups excluding carboxylic acids is 1. The summed E-state index contributed by atoms with van der Waals surface area (Å²) in [5.74, 6) is 2.07. The minimum absolute atomic E-state index is 0.0527. The molecule has 3 aromatic carbocycles. The van der Waals surface area contributed by atoms with Crippen LogP contribution in [0.2, 0.25) is 5.02 Å². The van der Waals surface area contributed by atoms with Crippen molar-refractivity contribution in [3.05, 3.63) is 87.7 Å². The maximum atomic E-state index is 12.5. The van der Waals surface area contributed by atoms with Crippen LogP contribution < -0.4 is 14.8 Å². The van der Waals surface area contributed by atoms with Crippen LogP contribution in [0.1, 0.15) is 28.1 Å². The monoisotopic (exact) mass is 491 g/mol. The zero-order chi connectivity index (χ0) is 24.9. The summed E-state index contributed by atoms with van der Waals surface area (Å²) in [6.45, 7) is 9.18. The number of para-hydroxylation sites is 2. The van der Waals surface area contributed by atoms with Crippen molar-refractivity contribution >= 4 is 28.5 Å². The van der Waals surface area contributed by atoms with E-state index in [1.807, 2.05) is 82.3 Å². The standard InChI is InChI=1S/C28H30ClN3O3/c1-18-9-10-19(2)25(13-18)35-17-27(33)30-16-26-31-23-7-5-6-8-24(23)32(26)11-12-34-22-14-20(3)28(29)21(4)15-22/h5-10,13-15H,11-12,16-17H2,1-4H3,(H,30,33). The van der Waals surface area contributed by atoms with Crippen molar-refractivity contribution in [2.45, 2.75) is 40.8 Å². The van der Waals surface area contributed by atoms with Gasteiger partial charge in [-0.25, -0.2) is 4.98 Å². The van der Waals surface area contributed by atoms with Crippen LogP contribution in [0.25, 0.3) is 11.0 Å². The molecule has 7 heteroatoms. The Hall–Kier alpha value is -3.51. The molecule has 0 saturated heterocycles. The summed E-state index contributed by atoms with van der Waals surface area (Å²) < 4.78 is 13.8. The SMILES string of the molecule is Cc1ccc(C)c(OCC(=O)NCc2nc3ccccc3n2CCOc2cc(C)c(Cl)c(C)c2)c1. The van der Waals surface area contributed by atoms with Gasteiger partial charge in [0.25, 0.3) is 5.91 Å². The van der Waals surface area contributed by atoms with Crippen molar-refractivity contribution in [3.8, 4) is 11.5 Å². The molecule has 0 unspecified atom stereocenters. The number of hydrogen-bond donors (Lipinski definition) is 1. The maximum Gasteiger partial charge on any atom is 0.258 e. The molecule has 0 aliphatic heterocycles. The number of aryl methyl sites for hydroxylation is 4. The Labute approximate surface area is 210 Å². The highest BCUT2D eigenvalue weighted by atomic mass is 35.5. The summed E-state index contributed by atoms with van der Waals surface area (Å²) in [4.78, 5) is 17.2. The molecule has 4 aromatic rings. The number of ether oxygens (including phenoxy) is 2. The molecule has 1 amide bonds. The molecule has 0 radical (unpaired) electrons. The number of benzene rings is 3. The van der Waals surface area contributed by atoms with Crippen LogP contribution in [0.4, 0.5) is 0 Å². The lowest BCUT2D eigenvalue weighted by Crippen LogP contribution is -2.30. The molecular weight excluding hydrogens is 462 g/mol. The number of halogens is 1. The van der Waals surface area contributed by atoms with E-state index < -0.39 is 0 Å². The first-order valence-corrected chi connectivity index (χ1v) is 12.0. The number of amides is 1. The highest BCUT2D eigenvalue weighted by Crippen LogP contribution is 2.26. The molecule has 6 nitrogen and oxygen atoms in total. The van der Waals surface area contributed by atoms with Gasteiger partial charge in [0.15, 0.2) is 6.61 Å². The Morgan fingerprint density at radius 3 is 2.49 bits per heavy atom. The van der Waals surface area contributed by atoms with Gasteiger partial charge in [-0.3, -0.25) is 4.79 Å². The van der Waals surface area contributed by atoms with Crippen LogP contribution in [0.15, 0.2) is 54.6 Å². The number of nitrogens with one attached hydrogen (secondary N) is 1. The summed E-state index contributed by atoms with van der Waals surface area (Å²) in [7, 11) is 0. The molecule has 0 spiro atoms. The summed E-state index contributed by atoms with van der Waals surface area (Å²) in [6.07, 6.45) is 0. The fraction of sp³-hybridized carbons (Fsp3) is 0.286. The van der Waals surface area contributed by atoms with Crippen molar-refractivity contribution in [2.75, 3.05) is 13.2 Å². The van der Waals surface area contributed by atoms with E-state index in [0.717, 1.165) is 55.6 Å². The number of imidazole rings is 1. The van der Waals surface area contributed by atoms with Gasteiger partial charge in [0.2, 0.25) is 0 Å². The average molecular weight is 492 g/mol. The van der Waals surface area contributed by atoms with Gasteiger partial charge in [-0.15, -0.1) is 0 Å². The lowest BCUT2D eigenvalue weighted by molar-refractivity contribution is -0.123. The Bertz CT molecular complexity index is 1340. The van der Waals surface area contributed by atoms with E-state index in [4.69, 9.17) is 26.1 Å². The van der Waals surface area contributed by atoms with Gasteiger partial charge < -0.3 is 19.4 Å². The number of aromatic nitrogens is 2. The molecule has 0 aliphatic carbocycles. The second kappa shape index (κ2) is 10.8. The van der Waals surface area contributed by atoms with Gasteiger partial charge in [-0.05, 0) is 80.3 Å². The lowest BCUT2D eigenvalue weighted by Gasteiger charge is -2.13. The number of carbonyl (C=O) groups is 1. The van der Waals surface area contributed by atoms with E-state index in [0.29, 0.717) is 19.7 Å². The first-order chi connectivity index (χ1) is 16.8. The molecule has 0 bridgehead atoms. The molecular formula is C28H30ClN3O3. The van der Waals surface area contributed by atoms with Gasteiger partial charge in [-0.1, -0.05) is 35.9 Å². The molecule has 1 N–H and O–H groups in total. The van der Waals surface area contributed by atoms with Crippen LogP contribution in [-0.4, -0.2) is 28.7 Å². The average Bonchev–Trinajstić information content (AvgIpc) is 3.19. The van der Waals surface area contributed by atoms with Gasteiger partial charge >= 0.3 is 0 Å². The Balaban J connectivity index is 1.40. The molecule has 182 valence electrons. The van der Waals surface area contributed by atoms with Crippen molar-refractivity contribution in [2.24, 2.45) is 0 Å². The van der Waals surface area contributed by atoms with Crippen molar-refractivity contribution in [3.63, 3.8) is 0 Å². The quantitative estimate of drug-likeness (QED) is 0.326. The second-order valence-corrected chi connectivity index (χ2v) is 9.10. The molecule has 0 atom stereocenters. The van der Waals surface area contributed by atoms with Crippen molar-refractivity contribution < 1.29 is 14.3 Å². The largest absolute Gasteiger partial charge is 0.492 e. The van der Waals surface area contributed by atoms with Crippen LogP contribution in [0.3, 0.4) is 0 Å². The van der Waals surface area contributed by atoms with Crippen molar-refractivity contribution in [1.82, 2.24) is 14.9 Å². The van der Waals surface area contributed by atoms with Gasteiger partial charge in [0.05, 0.1) is 24.1 Å². The molecule has 0 aliphatic rings. The van der Waals surface area contributed by atoms with Gasteiger partial charge in [0, 0.05) is 5.02 Å². The molecule has 0 saturated carbocycles. The highest BCUT2D eigenvalue weighted by Gasteiger charge is 2.13. The van der Waals surface area contributed by atoms with Gasteiger partial charge in [0.1, 0.15) is 23.9 Å². The first-order valence-electron chi connectivity index (χ1n) is 11.6. The highest BCUT2D eigenvalue weighted by molar-refractivity contribution is 6.32. The van der Waals surface area contributed by atoms with E-state index in [-0.39, 0.29) is 12.5 Å². The third-order valence-corrected chi connectivity index (χ3v) is 6.47. The summed E-state index contributed by atoms with van der Waals surface area (Å²) in [6, 6.07) is 17.7.